The minimum absolute atomic E-state index is 0.174. The van der Waals surface area contributed by atoms with Gasteiger partial charge in [-0.15, -0.1) is 0 Å². The third kappa shape index (κ3) is 4.85. The van der Waals surface area contributed by atoms with Crippen molar-refractivity contribution in [3.8, 4) is 6.07 Å². The van der Waals surface area contributed by atoms with E-state index in [1.54, 1.807) is 23.2 Å². The average Bonchev–Trinajstić information content (AvgIpc) is 2.60. The van der Waals surface area contributed by atoms with Gasteiger partial charge in [-0.3, -0.25) is 0 Å². The number of carbonyl (C=O) groups excluding carboxylic acids is 2. The van der Waals surface area contributed by atoms with Gasteiger partial charge in [-0.2, -0.15) is 5.26 Å². The van der Waals surface area contributed by atoms with Crippen molar-refractivity contribution in [1.82, 2.24) is 9.88 Å². The first kappa shape index (κ1) is 19.5. The number of hydrogen-bond acceptors (Lipinski definition) is 7. The van der Waals surface area contributed by atoms with Crippen LogP contribution in [0.3, 0.4) is 0 Å². The lowest BCUT2D eigenvalue weighted by atomic mass is 10.1. The fourth-order valence-corrected chi connectivity index (χ4v) is 2.75. The van der Waals surface area contributed by atoms with Gasteiger partial charge in [0.05, 0.1) is 37.5 Å². The van der Waals surface area contributed by atoms with Crippen LogP contribution >= 0.6 is 0 Å². The van der Waals surface area contributed by atoms with E-state index < -0.39 is 11.6 Å². The second-order valence-corrected chi connectivity index (χ2v) is 7.03. The first-order valence-electron chi connectivity index (χ1n) is 8.41. The molecule has 1 aromatic heterocycles. The molecule has 0 aliphatic carbocycles. The molecular weight excluding hydrogens is 336 g/mol. The molecule has 2 rings (SSSR count). The molecule has 0 N–H and O–H groups in total. The number of piperazine rings is 1. The maximum absolute atomic E-state index is 12.3. The van der Waals surface area contributed by atoms with Crippen molar-refractivity contribution in [3.63, 3.8) is 0 Å². The number of aromatic nitrogens is 1. The van der Waals surface area contributed by atoms with Gasteiger partial charge >= 0.3 is 12.1 Å². The smallest absolute Gasteiger partial charge is 0.410 e. The Balaban J connectivity index is 2.12. The Bertz CT molecular complexity index is 691. The number of rotatable bonds is 3. The first-order chi connectivity index (χ1) is 12.2. The summed E-state index contributed by atoms with van der Waals surface area (Å²) in [5.41, 5.74) is 0.453. The van der Waals surface area contributed by atoms with E-state index in [0.717, 1.165) is 5.69 Å². The van der Waals surface area contributed by atoms with Crippen molar-refractivity contribution >= 4 is 17.7 Å². The Labute approximate surface area is 153 Å². The van der Waals surface area contributed by atoms with Crippen LogP contribution in [0.1, 0.15) is 37.7 Å². The van der Waals surface area contributed by atoms with Gasteiger partial charge in [-0.25, -0.2) is 14.6 Å². The third-order valence-corrected chi connectivity index (χ3v) is 3.94. The molecule has 0 aromatic carbocycles. The van der Waals surface area contributed by atoms with Crippen molar-refractivity contribution in [3.05, 3.63) is 24.0 Å². The number of hydrogen-bond donors (Lipinski definition) is 0. The fraction of sp³-hybridized carbons (Fsp3) is 0.556. The summed E-state index contributed by atoms with van der Waals surface area (Å²) in [5, 5.41) is 9.16. The van der Waals surface area contributed by atoms with Crippen LogP contribution in [-0.2, 0) is 9.47 Å². The van der Waals surface area contributed by atoms with Crippen molar-refractivity contribution < 1.29 is 19.1 Å². The van der Waals surface area contributed by atoms with Crippen molar-refractivity contribution in [2.45, 2.75) is 38.8 Å². The van der Waals surface area contributed by atoms with Crippen LogP contribution in [0.2, 0.25) is 0 Å². The quantitative estimate of drug-likeness (QED) is 0.763. The largest absolute Gasteiger partial charge is 0.464 e. The van der Waals surface area contributed by atoms with Gasteiger partial charge in [0, 0.05) is 19.6 Å². The topological polar surface area (TPSA) is 95.8 Å². The number of nitriles is 1. The van der Waals surface area contributed by atoms with E-state index in [-0.39, 0.29) is 24.2 Å². The van der Waals surface area contributed by atoms with Crippen molar-refractivity contribution in [1.29, 1.82) is 5.26 Å². The standard InChI is InChI=1S/C18H24N4O4/c1-18(2,3)26-17(24)21-9-10-22(14(12-21)7-8-19)13-5-6-15(20-11-13)16(23)25-4/h5-6,11,14H,7,9-10,12H2,1-4H3. The van der Waals surface area contributed by atoms with Gasteiger partial charge < -0.3 is 19.3 Å². The number of esters is 1. The van der Waals surface area contributed by atoms with Crippen LogP contribution in [0.4, 0.5) is 10.5 Å². The first-order valence-corrected chi connectivity index (χ1v) is 8.41. The summed E-state index contributed by atoms with van der Waals surface area (Å²) in [5.74, 6) is -0.500. The summed E-state index contributed by atoms with van der Waals surface area (Å²) < 4.78 is 10.1. The summed E-state index contributed by atoms with van der Waals surface area (Å²) >= 11 is 0. The molecule has 2 heterocycles. The van der Waals surface area contributed by atoms with E-state index in [4.69, 9.17) is 10.00 Å². The van der Waals surface area contributed by atoms with Crippen LogP contribution in [0, 0.1) is 11.3 Å². The van der Waals surface area contributed by atoms with Gasteiger partial charge in [0.25, 0.3) is 0 Å². The average molecular weight is 360 g/mol. The van der Waals surface area contributed by atoms with E-state index in [1.165, 1.54) is 7.11 Å². The van der Waals surface area contributed by atoms with E-state index in [0.29, 0.717) is 19.6 Å². The highest BCUT2D eigenvalue weighted by atomic mass is 16.6. The molecular formula is C18H24N4O4. The lowest BCUT2D eigenvalue weighted by Crippen LogP contribution is -2.55. The maximum Gasteiger partial charge on any atom is 0.410 e. The number of nitrogens with zero attached hydrogens (tertiary/aromatic N) is 4. The van der Waals surface area contributed by atoms with E-state index in [2.05, 4.69) is 15.8 Å². The Morgan fingerprint density at radius 3 is 2.62 bits per heavy atom. The molecule has 8 nitrogen and oxygen atoms in total. The predicted molar refractivity (Wildman–Crippen MR) is 94.7 cm³/mol. The van der Waals surface area contributed by atoms with Gasteiger partial charge in [0.15, 0.2) is 0 Å². The molecule has 140 valence electrons. The minimum atomic E-state index is -0.563. The third-order valence-electron chi connectivity index (χ3n) is 3.94. The van der Waals surface area contributed by atoms with Crippen molar-refractivity contribution in [2.24, 2.45) is 0 Å². The molecule has 0 bridgehead atoms. The van der Waals surface area contributed by atoms with Gasteiger partial charge in [-0.1, -0.05) is 0 Å². The monoisotopic (exact) mass is 360 g/mol. The van der Waals surface area contributed by atoms with Gasteiger partial charge in [0.2, 0.25) is 0 Å². The van der Waals surface area contributed by atoms with Crippen LogP contribution in [0.5, 0.6) is 0 Å². The maximum atomic E-state index is 12.3. The normalized spacial score (nSPS) is 17.4. The summed E-state index contributed by atoms with van der Waals surface area (Å²) in [6.07, 6.45) is 1.47. The molecule has 0 radical (unpaired) electrons. The highest BCUT2D eigenvalue weighted by Crippen LogP contribution is 2.23. The summed E-state index contributed by atoms with van der Waals surface area (Å²) in [4.78, 5) is 31.6. The summed E-state index contributed by atoms with van der Waals surface area (Å²) in [7, 11) is 1.30. The van der Waals surface area contributed by atoms with Gasteiger partial charge in [-0.05, 0) is 32.9 Å². The second-order valence-electron chi connectivity index (χ2n) is 7.03. The zero-order valence-electron chi connectivity index (χ0n) is 15.6. The number of methoxy groups -OCH3 is 1. The predicted octanol–water partition coefficient (Wildman–Crippen LogP) is 2.21. The van der Waals surface area contributed by atoms with Crippen molar-refractivity contribution in [2.75, 3.05) is 31.6 Å². The molecule has 1 amide bonds. The highest BCUT2D eigenvalue weighted by molar-refractivity contribution is 5.87. The molecule has 1 unspecified atom stereocenters. The van der Waals surface area contributed by atoms with Crippen LogP contribution in [-0.4, -0.2) is 60.3 Å². The Morgan fingerprint density at radius 2 is 2.08 bits per heavy atom. The molecule has 1 aliphatic heterocycles. The number of amides is 1. The molecule has 26 heavy (non-hydrogen) atoms. The van der Waals surface area contributed by atoms with E-state index >= 15 is 0 Å². The Kier molecular flexibility index (Phi) is 6.03. The second kappa shape index (κ2) is 8.04. The fourth-order valence-electron chi connectivity index (χ4n) is 2.75. The molecule has 0 spiro atoms. The molecule has 0 saturated carbocycles. The lowest BCUT2D eigenvalue weighted by molar-refractivity contribution is 0.0215. The number of anilines is 1. The summed E-state index contributed by atoms with van der Waals surface area (Å²) in [6, 6.07) is 5.35. The SMILES string of the molecule is COC(=O)c1ccc(N2CCN(C(=O)OC(C)(C)C)CC2CC#N)cn1. The van der Waals surface area contributed by atoms with Crippen LogP contribution in [0.25, 0.3) is 0 Å². The molecule has 1 saturated heterocycles. The molecule has 1 fully saturated rings. The van der Waals surface area contributed by atoms with E-state index in [1.807, 2.05) is 25.7 Å². The number of pyridine rings is 1. The molecule has 8 heteroatoms. The number of carbonyl (C=O) groups is 2. The molecule has 1 atom stereocenters. The molecule has 1 aliphatic rings. The molecule has 1 aromatic rings. The zero-order valence-corrected chi connectivity index (χ0v) is 15.6. The van der Waals surface area contributed by atoms with Crippen LogP contribution < -0.4 is 4.90 Å². The number of ether oxygens (including phenoxy) is 2. The lowest BCUT2D eigenvalue weighted by Gasteiger charge is -2.42. The summed E-state index contributed by atoms with van der Waals surface area (Å²) in [6.45, 7) is 6.88. The minimum Gasteiger partial charge on any atom is -0.464 e. The zero-order chi connectivity index (χ0) is 19.3. The Morgan fingerprint density at radius 1 is 1.35 bits per heavy atom. The van der Waals surface area contributed by atoms with Gasteiger partial charge in [0.1, 0.15) is 11.3 Å². The van der Waals surface area contributed by atoms with E-state index in [9.17, 15) is 9.59 Å². The van der Waals surface area contributed by atoms with Crippen LogP contribution in [0.15, 0.2) is 18.3 Å². The Hall–Kier alpha value is -2.82. The highest BCUT2D eigenvalue weighted by Gasteiger charge is 2.32.